The quantitative estimate of drug-likeness (QED) is 0.336. The minimum Gasteiger partial charge on any atom is -0.398 e. The number of carbonyl (C=O) groups is 2. The molecule has 0 saturated carbocycles. The molecule has 0 aliphatic carbocycles. The Balaban J connectivity index is 1.78. The fourth-order valence-corrected chi connectivity index (χ4v) is 3.45. The fraction of sp³-hybridized carbons (Fsp3) is 0.261. The predicted octanol–water partition coefficient (Wildman–Crippen LogP) is 2.64. The zero-order valence-electron chi connectivity index (χ0n) is 17.1. The molecule has 1 heterocycles. The molecule has 0 spiro atoms. The molecule has 1 saturated heterocycles. The summed E-state index contributed by atoms with van der Waals surface area (Å²) >= 11 is 0. The molecule has 2 aromatic carbocycles. The van der Waals surface area contributed by atoms with Crippen molar-refractivity contribution < 1.29 is 9.59 Å². The van der Waals surface area contributed by atoms with E-state index in [0.29, 0.717) is 16.9 Å². The average Bonchev–Trinajstić information content (AvgIpc) is 2.75. The average molecular weight is 406 g/mol. The summed E-state index contributed by atoms with van der Waals surface area (Å²) in [6.45, 7) is 5.30. The first-order valence-corrected chi connectivity index (χ1v) is 9.89. The Labute approximate surface area is 176 Å². The predicted molar refractivity (Wildman–Crippen MR) is 121 cm³/mol. The molecule has 30 heavy (non-hydrogen) atoms. The number of nitrogen functional groups attached to an aromatic ring is 1. The molecule has 0 atom stereocenters. The number of rotatable bonds is 6. The summed E-state index contributed by atoms with van der Waals surface area (Å²) in [5.74, 6) is -0.710. The Morgan fingerprint density at radius 1 is 1.17 bits per heavy atom. The number of nitrogens with zero attached hydrogens (tertiary/aromatic N) is 1. The van der Waals surface area contributed by atoms with Gasteiger partial charge in [0.15, 0.2) is 0 Å². The summed E-state index contributed by atoms with van der Waals surface area (Å²) in [4.78, 5) is 26.4. The van der Waals surface area contributed by atoms with Gasteiger partial charge in [-0.15, -0.1) is 0 Å². The second-order valence-electron chi connectivity index (χ2n) is 7.50. The normalized spacial score (nSPS) is 14.7. The van der Waals surface area contributed by atoms with E-state index in [4.69, 9.17) is 11.1 Å². The first-order chi connectivity index (χ1) is 14.4. The van der Waals surface area contributed by atoms with Gasteiger partial charge in [-0.05, 0) is 74.4 Å². The van der Waals surface area contributed by atoms with Crippen LogP contribution in [0.15, 0.2) is 55.1 Å². The lowest BCUT2D eigenvalue weighted by molar-refractivity contribution is -0.115. The van der Waals surface area contributed by atoms with Crippen molar-refractivity contribution in [3.63, 3.8) is 0 Å². The van der Waals surface area contributed by atoms with Crippen molar-refractivity contribution in [1.29, 1.82) is 5.41 Å². The third kappa shape index (κ3) is 5.12. The van der Waals surface area contributed by atoms with Gasteiger partial charge >= 0.3 is 0 Å². The molecular weight excluding hydrogens is 378 g/mol. The van der Waals surface area contributed by atoms with Crippen molar-refractivity contribution in [3.05, 3.63) is 60.7 Å². The highest BCUT2D eigenvalue weighted by Gasteiger charge is 2.22. The molecule has 0 radical (unpaired) electrons. The second kappa shape index (κ2) is 9.37. The molecular formula is C23H27N5O2. The van der Waals surface area contributed by atoms with Crippen molar-refractivity contribution in [1.82, 2.24) is 10.2 Å². The number of benzene rings is 2. The van der Waals surface area contributed by atoms with E-state index < -0.39 is 5.91 Å². The van der Waals surface area contributed by atoms with Gasteiger partial charge in [-0.1, -0.05) is 24.8 Å². The van der Waals surface area contributed by atoms with Crippen LogP contribution >= 0.6 is 0 Å². The molecule has 5 N–H and O–H groups in total. The van der Waals surface area contributed by atoms with Crippen LogP contribution in [-0.4, -0.2) is 48.6 Å². The van der Waals surface area contributed by atoms with Crippen LogP contribution < -0.4 is 16.4 Å². The molecule has 156 valence electrons. The van der Waals surface area contributed by atoms with Crippen molar-refractivity contribution in [2.24, 2.45) is 0 Å². The molecule has 7 heteroatoms. The summed E-state index contributed by atoms with van der Waals surface area (Å²) < 4.78 is 0. The van der Waals surface area contributed by atoms with Crippen LogP contribution in [-0.2, 0) is 9.59 Å². The first kappa shape index (κ1) is 21.3. The highest BCUT2D eigenvalue weighted by molar-refractivity contribution is 6.45. The Morgan fingerprint density at radius 3 is 2.57 bits per heavy atom. The van der Waals surface area contributed by atoms with Crippen molar-refractivity contribution >= 4 is 28.9 Å². The Hall–Kier alpha value is -3.45. The number of amides is 2. The number of nitrogens with two attached hydrogens (primary N) is 1. The third-order valence-electron chi connectivity index (χ3n) is 5.25. The highest BCUT2D eigenvalue weighted by atomic mass is 16.2. The lowest BCUT2D eigenvalue weighted by Crippen LogP contribution is -2.45. The van der Waals surface area contributed by atoms with Crippen molar-refractivity contribution in [3.8, 4) is 11.1 Å². The molecule has 0 aromatic heterocycles. The van der Waals surface area contributed by atoms with Crippen LogP contribution in [0.3, 0.4) is 0 Å². The van der Waals surface area contributed by atoms with Gasteiger partial charge in [0.2, 0.25) is 5.91 Å². The Kier molecular flexibility index (Phi) is 6.64. The zero-order valence-corrected chi connectivity index (χ0v) is 17.1. The minimum absolute atomic E-state index is 0.0728. The van der Waals surface area contributed by atoms with E-state index in [9.17, 15) is 9.59 Å². The SMILES string of the molecule is C=CC(=O)Nc1cccc(-c2ccc(N)c(C(=N)C(=O)NC3CCN(C)CC3)c2)c1. The number of piperidine rings is 1. The van der Waals surface area contributed by atoms with Gasteiger partial charge in [0.25, 0.3) is 5.91 Å². The molecule has 7 nitrogen and oxygen atoms in total. The summed E-state index contributed by atoms with van der Waals surface area (Å²) in [5, 5.41) is 14.1. The van der Waals surface area contributed by atoms with Gasteiger partial charge in [-0.3, -0.25) is 15.0 Å². The maximum Gasteiger partial charge on any atom is 0.270 e. The lowest BCUT2D eigenvalue weighted by atomic mass is 9.98. The molecule has 1 fully saturated rings. The summed E-state index contributed by atoms with van der Waals surface area (Å²) in [6.07, 6.45) is 2.95. The molecule has 1 aliphatic rings. The Bertz CT molecular complexity index is 977. The minimum atomic E-state index is -0.416. The molecule has 2 amide bonds. The first-order valence-electron chi connectivity index (χ1n) is 9.89. The van der Waals surface area contributed by atoms with Gasteiger partial charge < -0.3 is 21.3 Å². The smallest absolute Gasteiger partial charge is 0.270 e. The summed E-state index contributed by atoms with van der Waals surface area (Å²) in [6, 6.07) is 12.6. The number of likely N-dealkylation sites (tertiary alicyclic amines) is 1. The number of hydrogen-bond donors (Lipinski definition) is 4. The number of hydrogen-bond acceptors (Lipinski definition) is 5. The van der Waals surface area contributed by atoms with E-state index in [2.05, 4.69) is 29.2 Å². The van der Waals surface area contributed by atoms with E-state index >= 15 is 0 Å². The Morgan fingerprint density at radius 2 is 1.87 bits per heavy atom. The van der Waals surface area contributed by atoms with E-state index in [1.165, 1.54) is 6.08 Å². The maximum atomic E-state index is 12.6. The topological polar surface area (TPSA) is 111 Å². The van der Waals surface area contributed by atoms with E-state index in [1.807, 2.05) is 24.3 Å². The monoisotopic (exact) mass is 405 g/mol. The molecule has 0 bridgehead atoms. The van der Waals surface area contributed by atoms with Crippen molar-refractivity contribution in [2.75, 3.05) is 31.2 Å². The van der Waals surface area contributed by atoms with Crippen LogP contribution in [0, 0.1) is 5.41 Å². The van der Waals surface area contributed by atoms with E-state index in [-0.39, 0.29) is 17.7 Å². The number of nitrogens with one attached hydrogen (secondary N) is 3. The standard InChI is InChI=1S/C23H27N5O2/c1-3-21(29)26-18-6-4-5-15(13-18)16-7-8-20(24)19(14-16)22(25)23(30)27-17-9-11-28(2)12-10-17/h3-8,13-14,17,25H,1,9-12,24H2,2H3,(H,26,29)(H,27,30). The third-order valence-corrected chi connectivity index (χ3v) is 5.25. The number of carbonyl (C=O) groups excluding carboxylic acids is 2. The van der Waals surface area contributed by atoms with Gasteiger partial charge in [-0.25, -0.2) is 0 Å². The summed E-state index contributed by atoms with van der Waals surface area (Å²) in [5.41, 5.74) is 8.95. The molecule has 2 aromatic rings. The fourth-order valence-electron chi connectivity index (χ4n) is 3.45. The van der Waals surface area contributed by atoms with Gasteiger partial charge in [0.1, 0.15) is 5.71 Å². The number of anilines is 2. The summed E-state index contributed by atoms with van der Waals surface area (Å²) in [7, 11) is 2.06. The highest BCUT2D eigenvalue weighted by Crippen LogP contribution is 2.26. The van der Waals surface area contributed by atoms with Crippen LogP contribution in [0.1, 0.15) is 18.4 Å². The van der Waals surface area contributed by atoms with Crippen molar-refractivity contribution in [2.45, 2.75) is 18.9 Å². The van der Waals surface area contributed by atoms with E-state index in [1.54, 1.807) is 18.2 Å². The van der Waals surface area contributed by atoms with Crippen LogP contribution in [0.4, 0.5) is 11.4 Å². The molecule has 1 aliphatic heterocycles. The second-order valence-corrected chi connectivity index (χ2v) is 7.50. The van der Waals surface area contributed by atoms with Gasteiger partial charge in [-0.2, -0.15) is 0 Å². The lowest BCUT2D eigenvalue weighted by Gasteiger charge is -2.29. The van der Waals surface area contributed by atoms with Crippen LogP contribution in [0.25, 0.3) is 11.1 Å². The van der Waals surface area contributed by atoms with E-state index in [0.717, 1.165) is 37.1 Å². The zero-order chi connectivity index (χ0) is 21.7. The van der Waals surface area contributed by atoms with Crippen LogP contribution in [0.5, 0.6) is 0 Å². The largest absolute Gasteiger partial charge is 0.398 e. The van der Waals surface area contributed by atoms with Gasteiger partial charge in [0, 0.05) is 23.0 Å². The van der Waals surface area contributed by atoms with Crippen LogP contribution in [0.2, 0.25) is 0 Å². The maximum absolute atomic E-state index is 12.6. The van der Waals surface area contributed by atoms with Gasteiger partial charge in [0.05, 0.1) is 0 Å². The molecule has 0 unspecified atom stereocenters. The molecule has 3 rings (SSSR count).